The number of aromatic nitrogens is 1. The third-order valence-electron chi connectivity index (χ3n) is 2.85. The highest BCUT2D eigenvalue weighted by Crippen LogP contribution is 2.33. The Morgan fingerprint density at radius 1 is 1.16 bits per heavy atom. The fourth-order valence-electron chi connectivity index (χ4n) is 2.10. The van der Waals surface area contributed by atoms with Gasteiger partial charge in [0.1, 0.15) is 5.75 Å². The van der Waals surface area contributed by atoms with Crippen LogP contribution in [0.2, 0.25) is 5.02 Å². The van der Waals surface area contributed by atoms with E-state index in [4.69, 9.17) is 16.3 Å². The van der Waals surface area contributed by atoms with Crippen LogP contribution in [0.4, 0.5) is 0 Å². The summed E-state index contributed by atoms with van der Waals surface area (Å²) in [6, 6.07) is 11.3. The quantitative estimate of drug-likeness (QED) is 0.793. The van der Waals surface area contributed by atoms with Gasteiger partial charge in [-0.3, -0.25) is 4.98 Å². The number of ether oxygens (including phenoxy) is 1. The second kappa shape index (κ2) is 4.35. The molecule has 2 aromatic rings. The van der Waals surface area contributed by atoms with Crippen LogP contribution < -0.4 is 4.74 Å². The minimum absolute atomic E-state index is 0.603. The lowest BCUT2D eigenvalue weighted by Gasteiger charge is -2.30. The van der Waals surface area contributed by atoms with Crippen molar-refractivity contribution in [3.8, 4) is 5.75 Å². The van der Waals surface area contributed by atoms with Crippen molar-refractivity contribution >= 4 is 17.3 Å². The van der Waals surface area contributed by atoms with Crippen molar-refractivity contribution in [2.24, 2.45) is 4.99 Å². The topological polar surface area (TPSA) is 34.5 Å². The maximum atomic E-state index is 6.07. The van der Waals surface area contributed by atoms with Crippen molar-refractivity contribution in [3.63, 3.8) is 0 Å². The van der Waals surface area contributed by atoms with Crippen LogP contribution in [0.25, 0.3) is 0 Å². The van der Waals surface area contributed by atoms with Gasteiger partial charge in [-0.1, -0.05) is 17.7 Å². The molecule has 1 aliphatic heterocycles. The maximum Gasteiger partial charge on any atom is 0.195 e. The van der Waals surface area contributed by atoms with Gasteiger partial charge in [0.15, 0.2) is 5.72 Å². The van der Waals surface area contributed by atoms with Crippen LogP contribution in [0.3, 0.4) is 0 Å². The van der Waals surface area contributed by atoms with E-state index in [0.717, 1.165) is 22.7 Å². The highest BCUT2D eigenvalue weighted by atomic mass is 35.5. The molecule has 0 bridgehead atoms. The SMILES string of the molecule is CC1(C)N=C(c2ccccn2)c2cc(Cl)ccc2O1. The largest absolute Gasteiger partial charge is 0.466 e. The molecular weight excluding hydrogens is 260 g/mol. The molecule has 0 radical (unpaired) electrons. The lowest BCUT2D eigenvalue weighted by atomic mass is 10.0. The van der Waals surface area contributed by atoms with Crippen molar-refractivity contribution in [1.29, 1.82) is 0 Å². The van der Waals surface area contributed by atoms with Gasteiger partial charge in [0.25, 0.3) is 0 Å². The van der Waals surface area contributed by atoms with Crippen LogP contribution >= 0.6 is 11.6 Å². The molecule has 3 nitrogen and oxygen atoms in total. The van der Waals surface area contributed by atoms with E-state index < -0.39 is 5.72 Å². The molecule has 96 valence electrons. The lowest BCUT2D eigenvalue weighted by molar-refractivity contribution is 0.115. The van der Waals surface area contributed by atoms with Gasteiger partial charge in [-0.2, -0.15) is 0 Å². The van der Waals surface area contributed by atoms with Gasteiger partial charge in [0.05, 0.1) is 11.4 Å². The Hall–Kier alpha value is -1.87. The molecule has 0 saturated heterocycles. The van der Waals surface area contributed by atoms with Gasteiger partial charge < -0.3 is 4.74 Å². The Balaban J connectivity index is 2.21. The fourth-order valence-corrected chi connectivity index (χ4v) is 2.27. The minimum atomic E-state index is -0.603. The van der Waals surface area contributed by atoms with E-state index in [1.54, 1.807) is 6.20 Å². The average Bonchev–Trinajstić information content (AvgIpc) is 2.39. The van der Waals surface area contributed by atoms with Crippen molar-refractivity contribution in [3.05, 3.63) is 58.9 Å². The highest BCUT2D eigenvalue weighted by Gasteiger charge is 2.29. The number of rotatable bonds is 1. The van der Waals surface area contributed by atoms with Crippen molar-refractivity contribution < 1.29 is 4.74 Å². The van der Waals surface area contributed by atoms with Gasteiger partial charge in [-0.05, 0) is 44.2 Å². The molecule has 0 unspecified atom stereocenters. The third-order valence-corrected chi connectivity index (χ3v) is 3.08. The van der Waals surface area contributed by atoms with Gasteiger partial charge in [-0.15, -0.1) is 0 Å². The molecule has 4 heteroatoms. The van der Waals surface area contributed by atoms with Crippen molar-refractivity contribution in [2.45, 2.75) is 19.6 Å². The molecular formula is C15H13ClN2O. The predicted molar refractivity (Wildman–Crippen MR) is 76.0 cm³/mol. The molecule has 0 N–H and O–H groups in total. The summed E-state index contributed by atoms with van der Waals surface area (Å²) in [5, 5.41) is 0.658. The summed E-state index contributed by atoms with van der Waals surface area (Å²) in [5.74, 6) is 0.782. The number of nitrogens with zero attached hydrogens (tertiary/aromatic N) is 2. The standard InChI is InChI=1S/C15H13ClN2O/c1-15(2)18-14(12-5-3-4-8-17-12)11-9-10(16)6-7-13(11)19-15/h3-9H,1-2H3. The van der Waals surface area contributed by atoms with E-state index in [-0.39, 0.29) is 0 Å². The Kier molecular flexibility index (Phi) is 2.79. The number of hydrogen-bond acceptors (Lipinski definition) is 3. The average molecular weight is 273 g/mol. The second-order valence-electron chi connectivity index (χ2n) is 4.86. The van der Waals surface area contributed by atoms with Gasteiger partial charge in [0, 0.05) is 16.8 Å². The summed E-state index contributed by atoms with van der Waals surface area (Å²) in [5.41, 5.74) is 1.91. The van der Waals surface area contributed by atoms with E-state index in [2.05, 4.69) is 9.98 Å². The zero-order chi connectivity index (χ0) is 13.5. The molecule has 0 aliphatic carbocycles. The monoisotopic (exact) mass is 272 g/mol. The molecule has 0 fully saturated rings. The summed E-state index contributed by atoms with van der Waals surface area (Å²) in [6.45, 7) is 3.85. The first-order valence-corrected chi connectivity index (χ1v) is 6.43. The number of hydrogen-bond donors (Lipinski definition) is 0. The molecule has 1 aliphatic rings. The van der Waals surface area contributed by atoms with Crippen molar-refractivity contribution in [2.75, 3.05) is 0 Å². The number of halogens is 1. The molecule has 0 atom stereocenters. The summed E-state index contributed by atoms with van der Waals surface area (Å²) < 4.78 is 5.85. The Bertz CT molecular complexity index is 650. The molecule has 0 spiro atoms. The molecule has 19 heavy (non-hydrogen) atoms. The first-order valence-electron chi connectivity index (χ1n) is 6.05. The second-order valence-corrected chi connectivity index (χ2v) is 5.30. The molecule has 0 saturated carbocycles. The van der Waals surface area contributed by atoms with E-state index in [1.807, 2.05) is 50.2 Å². The van der Waals surface area contributed by atoms with E-state index in [0.29, 0.717) is 5.02 Å². The van der Waals surface area contributed by atoms with Crippen molar-refractivity contribution in [1.82, 2.24) is 4.98 Å². The number of pyridine rings is 1. The zero-order valence-corrected chi connectivity index (χ0v) is 11.5. The fraction of sp³-hybridized carbons (Fsp3) is 0.200. The first-order chi connectivity index (χ1) is 9.05. The van der Waals surface area contributed by atoms with E-state index in [1.165, 1.54) is 0 Å². The highest BCUT2D eigenvalue weighted by molar-refractivity contribution is 6.31. The maximum absolute atomic E-state index is 6.07. The van der Waals surface area contributed by atoms with Crippen LogP contribution in [-0.4, -0.2) is 16.4 Å². The van der Waals surface area contributed by atoms with Crippen LogP contribution in [0.15, 0.2) is 47.6 Å². The van der Waals surface area contributed by atoms with Crippen LogP contribution in [0.1, 0.15) is 25.1 Å². The van der Waals surface area contributed by atoms with Gasteiger partial charge in [0.2, 0.25) is 0 Å². The zero-order valence-electron chi connectivity index (χ0n) is 10.7. The third kappa shape index (κ3) is 2.34. The molecule has 0 amide bonds. The molecule has 1 aromatic heterocycles. The smallest absolute Gasteiger partial charge is 0.195 e. The normalized spacial score (nSPS) is 16.3. The van der Waals surface area contributed by atoms with Crippen LogP contribution in [0, 0.1) is 0 Å². The summed E-state index contributed by atoms with van der Waals surface area (Å²) in [7, 11) is 0. The molecule has 2 heterocycles. The van der Waals surface area contributed by atoms with Gasteiger partial charge in [-0.25, -0.2) is 4.99 Å². The number of aliphatic imine (C=N–C) groups is 1. The predicted octanol–water partition coefficient (Wildman–Crippen LogP) is 3.70. The molecule has 1 aromatic carbocycles. The molecule has 3 rings (SSSR count). The summed E-state index contributed by atoms with van der Waals surface area (Å²) >= 11 is 6.07. The Labute approximate surface area is 116 Å². The number of fused-ring (bicyclic) bond motifs is 1. The Morgan fingerprint density at radius 2 is 2.00 bits per heavy atom. The van der Waals surface area contributed by atoms with E-state index in [9.17, 15) is 0 Å². The summed E-state index contributed by atoms with van der Waals surface area (Å²) in [4.78, 5) is 9.01. The first kappa shape index (κ1) is 12.2. The van der Waals surface area contributed by atoms with Gasteiger partial charge >= 0.3 is 0 Å². The van der Waals surface area contributed by atoms with Crippen LogP contribution in [0.5, 0.6) is 5.75 Å². The Morgan fingerprint density at radius 3 is 2.74 bits per heavy atom. The van der Waals surface area contributed by atoms with Crippen LogP contribution in [-0.2, 0) is 0 Å². The number of benzene rings is 1. The minimum Gasteiger partial charge on any atom is -0.466 e. The summed E-state index contributed by atoms with van der Waals surface area (Å²) in [6.07, 6.45) is 1.75. The lowest BCUT2D eigenvalue weighted by Crippen LogP contribution is -2.32. The van der Waals surface area contributed by atoms with E-state index >= 15 is 0 Å².